The van der Waals surface area contributed by atoms with Gasteiger partial charge in [-0.3, -0.25) is 4.79 Å². The second-order valence-electron chi connectivity index (χ2n) is 6.13. The van der Waals surface area contributed by atoms with Crippen LogP contribution in [0.4, 0.5) is 0 Å². The van der Waals surface area contributed by atoms with E-state index in [0.29, 0.717) is 23.7 Å². The van der Waals surface area contributed by atoms with E-state index in [2.05, 4.69) is 10.4 Å². The predicted molar refractivity (Wildman–Crippen MR) is 96.9 cm³/mol. The Kier molecular flexibility index (Phi) is 5.00. The summed E-state index contributed by atoms with van der Waals surface area (Å²) in [6.07, 6.45) is 0. The number of likely N-dealkylation sites (N-methyl/N-ethyl adjacent to an activating group) is 1. The molecule has 2 heterocycles. The van der Waals surface area contributed by atoms with E-state index in [1.807, 2.05) is 68.4 Å². The molecule has 0 fully saturated rings. The smallest absolute Gasteiger partial charge is 0.270 e. The molecule has 130 valence electrons. The van der Waals surface area contributed by atoms with Gasteiger partial charge < -0.3 is 14.6 Å². The van der Waals surface area contributed by atoms with E-state index in [4.69, 9.17) is 4.42 Å². The minimum Gasteiger partial charge on any atom is -0.460 e. The first-order chi connectivity index (χ1) is 12.0. The minimum atomic E-state index is -0.160. The van der Waals surface area contributed by atoms with E-state index in [0.717, 1.165) is 18.0 Å². The van der Waals surface area contributed by atoms with Gasteiger partial charge in [0.2, 0.25) is 0 Å². The molecule has 0 saturated carbocycles. The van der Waals surface area contributed by atoms with Crippen molar-refractivity contribution in [3.05, 3.63) is 60.0 Å². The van der Waals surface area contributed by atoms with Crippen LogP contribution in [-0.2, 0) is 0 Å². The van der Waals surface area contributed by atoms with E-state index in [-0.39, 0.29) is 5.91 Å². The van der Waals surface area contributed by atoms with Crippen LogP contribution >= 0.6 is 0 Å². The third-order valence-corrected chi connectivity index (χ3v) is 3.78. The molecule has 1 amide bonds. The molecule has 2 aromatic heterocycles. The lowest BCUT2D eigenvalue weighted by atomic mass is 10.2. The summed E-state index contributed by atoms with van der Waals surface area (Å²) in [5.74, 6) is 1.29. The molecule has 0 aliphatic heterocycles. The Morgan fingerprint density at radius 3 is 2.60 bits per heavy atom. The van der Waals surface area contributed by atoms with Gasteiger partial charge in [0.15, 0.2) is 5.76 Å². The van der Waals surface area contributed by atoms with Gasteiger partial charge in [-0.05, 0) is 45.3 Å². The predicted octanol–water partition coefficient (Wildman–Crippen LogP) is 2.73. The number of furan rings is 1. The molecule has 0 aliphatic rings. The van der Waals surface area contributed by atoms with Gasteiger partial charge >= 0.3 is 0 Å². The number of hydrogen-bond donors (Lipinski definition) is 1. The molecule has 6 nitrogen and oxygen atoms in total. The number of aromatic nitrogens is 2. The zero-order valence-corrected chi connectivity index (χ0v) is 14.7. The van der Waals surface area contributed by atoms with Crippen molar-refractivity contribution in [2.45, 2.75) is 6.92 Å². The number of amides is 1. The summed E-state index contributed by atoms with van der Waals surface area (Å²) in [5, 5.41) is 7.52. The number of carbonyl (C=O) groups is 1. The van der Waals surface area contributed by atoms with Gasteiger partial charge in [0, 0.05) is 19.2 Å². The maximum atomic E-state index is 12.6. The van der Waals surface area contributed by atoms with Gasteiger partial charge in [0.1, 0.15) is 17.1 Å². The molecule has 0 bridgehead atoms. The number of carbonyl (C=O) groups excluding carboxylic acids is 1. The van der Waals surface area contributed by atoms with Gasteiger partial charge in [0.05, 0.1) is 5.69 Å². The Labute approximate surface area is 147 Å². The molecule has 25 heavy (non-hydrogen) atoms. The molecule has 0 radical (unpaired) electrons. The van der Waals surface area contributed by atoms with Gasteiger partial charge in [-0.2, -0.15) is 5.10 Å². The molecule has 1 aromatic carbocycles. The van der Waals surface area contributed by atoms with Crippen LogP contribution in [0.3, 0.4) is 0 Å². The lowest BCUT2D eigenvalue weighted by molar-refractivity contribution is 0.0943. The van der Waals surface area contributed by atoms with Crippen molar-refractivity contribution >= 4 is 5.91 Å². The van der Waals surface area contributed by atoms with E-state index < -0.39 is 0 Å². The van der Waals surface area contributed by atoms with Crippen LogP contribution in [0.1, 0.15) is 16.2 Å². The van der Waals surface area contributed by atoms with E-state index >= 15 is 0 Å². The first-order valence-electron chi connectivity index (χ1n) is 8.20. The second kappa shape index (κ2) is 7.36. The van der Waals surface area contributed by atoms with Crippen molar-refractivity contribution in [3.63, 3.8) is 0 Å². The third-order valence-electron chi connectivity index (χ3n) is 3.78. The summed E-state index contributed by atoms with van der Waals surface area (Å²) in [6, 6.07) is 15.1. The molecule has 6 heteroatoms. The maximum absolute atomic E-state index is 12.6. The highest BCUT2D eigenvalue weighted by atomic mass is 16.3. The molecule has 0 atom stereocenters. The summed E-state index contributed by atoms with van der Waals surface area (Å²) >= 11 is 0. The van der Waals surface area contributed by atoms with E-state index in [9.17, 15) is 4.79 Å². The fourth-order valence-electron chi connectivity index (χ4n) is 2.49. The lowest BCUT2D eigenvalue weighted by Crippen LogP contribution is -2.32. The molecule has 0 spiro atoms. The first kappa shape index (κ1) is 17.0. The number of hydrogen-bond acceptors (Lipinski definition) is 4. The lowest BCUT2D eigenvalue weighted by Gasteiger charge is -2.11. The third kappa shape index (κ3) is 3.97. The van der Waals surface area contributed by atoms with Crippen molar-refractivity contribution in [2.75, 3.05) is 27.2 Å². The van der Waals surface area contributed by atoms with Crippen LogP contribution in [0.2, 0.25) is 0 Å². The summed E-state index contributed by atoms with van der Waals surface area (Å²) in [6.45, 7) is 3.23. The van der Waals surface area contributed by atoms with Crippen molar-refractivity contribution in [3.8, 4) is 17.1 Å². The van der Waals surface area contributed by atoms with Gasteiger partial charge in [0.25, 0.3) is 5.91 Å². The fourth-order valence-corrected chi connectivity index (χ4v) is 2.49. The molecule has 1 N–H and O–H groups in total. The molecule has 0 unspecified atom stereocenters. The van der Waals surface area contributed by atoms with Gasteiger partial charge in [-0.25, -0.2) is 4.68 Å². The first-order valence-corrected chi connectivity index (χ1v) is 8.20. The Bertz CT molecular complexity index is 849. The number of nitrogens with zero attached hydrogens (tertiary/aromatic N) is 3. The highest BCUT2D eigenvalue weighted by molar-refractivity contribution is 5.94. The number of nitrogens with one attached hydrogen (secondary N) is 1. The number of para-hydroxylation sites is 1. The highest BCUT2D eigenvalue weighted by Crippen LogP contribution is 2.23. The monoisotopic (exact) mass is 338 g/mol. The van der Waals surface area contributed by atoms with Crippen LogP contribution in [0.15, 0.2) is 52.9 Å². The molecule has 3 aromatic rings. The summed E-state index contributed by atoms with van der Waals surface area (Å²) in [5.41, 5.74) is 1.94. The zero-order chi connectivity index (χ0) is 17.8. The molecular weight excluding hydrogens is 316 g/mol. The largest absolute Gasteiger partial charge is 0.460 e. The van der Waals surface area contributed by atoms with Crippen molar-refractivity contribution in [1.82, 2.24) is 20.0 Å². The number of benzene rings is 1. The van der Waals surface area contributed by atoms with Crippen LogP contribution in [0.5, 0.6) is 0 Å². The Morgan fingerprint density at radius 2 is 1.96 bits per heavy atom. The standard InChI is InChI=1S/C19H22N4O2/c1-14-9-10-18(25-14)16-13-17(19(24)20-11-12-22(2)3)23(21-16)15-7-5-4-6-8-15/h4-10,13H,11-12H2,1-3H3,(H,20,24). The quantitative estimate of drug-likeness (QED) is 0.751. The van der Waals surface area contributed by atoms with Crippen molar-refractivity contribution in [1.29, 1.82) is 0 Å². The average molecular weight is 338 g/mol. The van der Waals surface area contributed by atoms with E-state index in [1.54, 1.807) is 10.7 Å². The summed E-state index contributed by atoms with van der Waals surface area (Å²) < 4.78 is 7.30. The Hall–Kier alpha value is -2.86. The molecule has 0 aliphatic carbocycles. The summed E-state index contributed by atoms with van der Waals surface area (Å²) in [7, 11) is 3.94. The van der Waals surface area contributed by atoms with Crippen molar-refractivity contribution < 1.29 is 9.21 Å². The Morgan fingerprint density at radius 1 is 1.20 bits per heavy atom. The number of rotatable bonds is 6. The van der Waals surface area contributed by atoms with Crippen LogP contribution in [0.25, 0.3) is 17.1 Å². The maximum Gasteiger partial charge on any atom is 0.270 e. The minimum absolute atomic E-state index is 0.160. The fraction of sp³-hybridized carbons (Fsp3) is 0.263. The van der Waals surface area contributed by atoms with Crippen LogP contribution < -0.4 is 5.32 Å². The average Bonchev–Trinajstić information content (AvgIpc) is 3.21. The van der Waals surface area contributed by atoms with E-state index in [1.165, 1.54) is 0 Å². The molecule has 3 rings (SSSR count). The summed E-state index contributed by atoms with van der Waals surface area (Å²) in [4.78, 5) is 14.7. The van der Waals surface area contributed by atoms with Crippen LogP contribution in [-0.4, -0.2) is 47.8 Å². The number of aryl methyl sites for hydroxylation is 1. The van der Waals surface area contributed by atoms with Crippen molar-refractivity contribution in [2.24, 2.45) is 0 Å². The molecule has 0 saturated heterocycles. The normalized spacial score (nSPS) is 11.0. The van der Waals surface area contributed by atoms with Gasteiger partial charge in [-0.15, -0.1) is 0 Å². The highest BCUT2D eigenvalue weighted by Gasteiger charge is 2.18. The second-order valence-corrected chi connectivity index (χ2v) is 6.13. The SMILES string of the molecule is Cc1ccc(-c2cc(C(=O)NCCN(C)C)n(-c3ccccc3)n2)o1. The Balaban J connectivity index is 1.94. The zero-order valence-electron chi connectivity index (χ0n) is 14.7. The van der Waals surface area contributed by atoms with Gasteiger partial charge in [-0.1, -0.05) is 18.2 Å². The van der Waals surface area contributed by atoms with Crippen LogP contribution in [0, 0.1) is 6.92 Å². The molecular formula is C19H22N4O2. The topological polar surface area (TPSA) is 63.3 Å².